The van der Waals surface area contributed by atoms with Gasteiger partial charge in [0.2, 0.25) is 5.91 Å². The Kier molecular flexibility index (Phi) is 5.27. The molecule has 22 heavy (non-hydrogen) atoms. The van der Waals surface area contributed by atoms with Crippen molar-refractivity contribution < 1.29 is 18.0 Å². The van der Waals surface area contributed by atoms with Gasteiger partial charge in [0.1, 0.15) is 0 Å². The summed E-state index contributed by atoms with van der Waals surface area (Å²) in [5, 5.41) is 4.12. The van der Waals surface area contributed by atoms with Crippen molar-refractivity contribution in [2.75, 3.05) is 5.32 Å². The number of hydrogen-bond donors (Lipinski definition) is 1. The Morgan fingerprint density at radius 2 is 1.64 bits per heavy atom. The van der Waals surface area contributed by atoms with E-state index in [4.69, 9.17) is 0 Å². The van der Waals surface area contributed by atoms with Crippen molar-refractivity contribution in [3.8, 4) is 0 Å². The van der Waals surface area contributed by atoms with E-state index in [-0.39, 0.29) is 0 Å². The van der Waals surface area contributed by atoms with Gasteiger partial charge in [-0.3, -0.25) is 4.79 Å². The predicted molar refractivity (Wildman–Crippen MR) is 81.5 cm³/mol. The van der Waals surface area contributed by atoms with Gasteiger partial charge in [0, 0.05) is 16.7 Å². The maximum absolute atomic E-state index is 12.4. The van der Waals surface area contributed by atoms with Crippen molar-refractivity contribution >= 4 is 23.4 Å². The summed E-state index contributed by atoms with van der Waals surface area (Å²) >= 11 is 1.37. The number of benzene rings is 2. The fourth-order valence-corrected chi connectivity index (χ4v) is 2.26. The Morgan fingerprint density at radius 1 is 1.00 bits per heavy atom. The molecular weight excluding hydrogens is 311 g/mol. The molecule has 0 unspecified atom stereocenters. The van der Waals surface area contributed by atoms with Gasteiger partial charge in [-0.05, 0) is 41.8 Å². The van der Waals surface area contributed by atoms with E-state index >= 15 is 0 Å². The second-order valence-electron chi connectivity index (χ2n) is 4.30. The summed E-state index contributed by atoms with van der Waals surface area (Å²) in [4.78, 5) is 12.6. The van der Waals surface area contributed by atoms with Gasteiger partial charge in [0.25, 0.3) is 0 Å². The van der Waals surface area contributed by atoms with Crippen LogP contribution in [0.5, 0.6) is 0 Å². The third kappa shape index (κ3) is 4.96. The topological polar surface area (TPSA) is 29.1 Å². The van der Waals surface area contributed by atoms with Crippen LogP contribution in [0, 0.1) is 0 Å². The summed E-state index contributed by atoms with van der Waals surface area (Å²) in [7, 11) is 0. The molecule has 0 aliphatic heterocycles. The van der Waals surface area contributed by atoms with Gasteiger partial charge in [0.05, 0.1) is 5.56 Å². The quantitative estimate of drug-likeness (QED) is 0.637. The number of alkyl halides is 3. The molecule has 0 spiro atoms. The Balaban J connectivity index is 1.89. The summed E-state index contributed by atoms with van der Waals surface area (Å²) in [6.07, 6.45) is -3.05. The lowest BCUT2D eigenvalue weighted by Gasteiger charge is -2.07. The zero-order chi connectivity index (χ0) is 16.0. The summed E-state index contributed by atoms with van der Waals surface area (Å²) in [6.45, 7) is 0. The minimum absolute atomic E-state index is 0.312. The fourth-order valence-electron chi connectivity index (χ4n) is 1.60. The monoisotopic (exact) mass is 323 g/mol. The SMILES string of the molecule is O=C(C=CSc1ccccc1)Nc1ccc(C(F)(F)F)cc1. The second kappa shape index (κ2) is 7.17. The first-order valence-corrected chi connectivity index (χ1v) is 7.19. The number of halogens is 3. The summed E-state index contributed by atoms with van der Waals surface area (Å²) in [6, 6.07) is 13.8. The van der Waals surface area contributed by atoms with Gasteiger partial charge < -0.3 is 5.32 Å². The normalized spacial score (nSPS) is 11.6. The van der Waals surface area contributed by atoms with Gasteiger partial charge in [0.15, 0.2) is 0 Å². The molecular formula is C16H12F3NOS. The molecule has 0 heterocycles. The molecule has 2 nitrogen and oxygen atoms in total. The van der Waals surface area contributed by atoms with Crippen molar-refractivity contribution in [1.29, 1.82) is 0 Å². The number of nitrogens with one attached hydrogen (secondary N) is 1. The lowest BCUT2D eigenvalue weighted by molar-refractivity contribution is -0.137. The van der Waals surface area contributed by atoms with Crippen molar-refractivity contribution in [1.82, 2.24) is 0 Å². The van der Waals surface area contributed by atoms with Crippen LogP contribution in [-0.2, 0) is 11.0 Å². The van der Waals surface area contributed by atoms with Crippen LogP contribution in [0.25, 0.3) is 0 Å². The van der Waals surface area contributed by atoms with E-state index in [0.29, 0.717) is 5.69 Å². The van der Waals surface area contributed by atoms with Crippen LogP contribution >= 0.6 is 11.8 Å². The molecule has 0 bridgehead atoms. The molecule has 0 saturated carbocycles. The first kappa shape index (κ1) is 16.2. The number of anilines is 1. The number of rotatable bonds is 4. The standard InChI is InChI=1S/C16H12F3NOS/c17-16(18,19)12-6-8-13(9-7-12)20-15(21)10-11-22-14-4-2-1-3-5-14/h1-11H,(H,20,21). The van der Waals surface area contributed by atoms with Crippen LogP contribution < -0.4 is 5.32 Å². The summed E-state index contributed by atoms with van der Waals surface area (Å²) in [5.41, 5.74) is -0.437. The molecule has 0 aromatic heterocycles. The van der Waals surface area contributed by atoms with E-state index in [9.17, 15) is 18.0 Å². The van der Waals surface area contributed by atoms with E-state index in [0.717, 1.165) is 17.0 Å². The van der Waals surface area contributed by atoms with E-state index in [1.165, 1.54) is 30.0 Å². The molecule has 0 radical (unpaired) electrons. The number of carbonyl (C=O) groups excluding carboxylic acids is 1. The summed E-state index contributed by atoms with van der Waals surface area (Å²) in [5.74, 6) is -0.400. The highest BCUT2D eigenvalue weighted by Crippen LogP contribution is 2.29. The predicted octanol–water partition coefficient (Wildman–Crippen LogP) is 4.95. The van der Waals surface area contributed by atoms with Crippen molar-refractivity contribution in [2.45, 2.75) is 11.1 Å². The second-order valence-corrected chi connectivity index (χ2v) is 5.28. The largest absolute Gasteiger partial charge is 0.416 e. The average Bonchev–Trinajstić information content (AvgIpc) is 2.48. The molecule has 114 valence electrons. The van der Waals surface area contributed by atoms with Gasteiger partial charge >= 0.3 is 6.18 Å². The molecule has 0 atom stereocenters. The first-order chi connectivity index (χ1) is 10.4. The molecule has 0 fully saturated rings. The number of hydrogen-bond acceptors (Lipinski definition) is 2. The maximum atomic E-state index is 12.4. The minimum atomic E-state index is -4.38. The van der Waals surface area contributed by atoms with Crippen molar-refractivity contribution in [3.05, 3.63) is 71.6 Å². The highest BCUT2D eigenvalue weighted by atomic mass is 32.2. The Morgan fingerprint density at radius 3 is 2.23 bits per heavy atom. The first-order valence-electron chi connectivity index (χ1n) is 6.31. The van der Waals surface area contributed by atoms with Gasteiger partial charge in [-0.2, -0.15) is 13.2 Å². The molecule has 2 rings (SSSR count). The highest BCUT2D eigenvalue weighted by molar-refractivity contribution is 8.02. The van der Waals surface area contributed by atoms with Crippen molar-refractivity contribution in [3.63, 3.8) is 0 Å². The third-order valence-corrected chi connectivity index (χ3v) is 3.46. The van der Waals surface area contributed by atoms with E-state index < -0.39 is 17.6 Å². The van der Waals surface area contributed by atoms with E-state index in [2.05, 4.69) is 5.32 Å². The van der Waals surface area contributed by atoms with Crippen LogP contribution in [0.15, 0.2) is 71.0 Å². The molecule has 0 saturated heterocycles. The summed E-state index contributed by atoms with van der Waals surface area (Å²) < 4.78 is 37.2. The van der Waals surface area contributed by atoms with Crippen LogP contribution in [0.4, 0.5) is 18.9 Å². The van der Waals surface area contributed by atoms with E-state index in [1.54, 1.807) is 5.41 Å². The van der Waals surface area contributed by atoms with E-state index in [1.807, 2.05) is 30.3 Å². The van der Waals surface area contributed by atoms with Gasteiger partial charge in [-0.1, -0.05) is 30.0 Å². The average molecular weight is 323 g/mol. The fraction of sp³-hybridized carbons (Fsp3) is 0.0625. The molecule has 0 aliphatic carbocycles. The molecule has 0 aliphatic rings. The van der Waals surface area contributed by atoms with Crippen molar-refractivity contribution in [2.24, 2.45) is 0 Å². The van der Waals surface area contributed by atoms with Crippen LogP contribution in [0.3, 0.4) is 0 Å². The maximum Gasteiger partial charge on any atom is 0.416 e. The van der Waals surface area contributed by atoms with Gasteiger partial charge in [-0.25, -0.2) is 0 Å². The number of carbonyl (C=O) groups is 1. The zero-order valence-electron chi connectivity index (χ0n) is 11.3. The zero-order valence-corrected chi connectivity index (χ0v) is 12.1. The molecule has 2 aromatic carbocycles. The molecule has 2 aromatic rings. The Hall–Kier alpha value is -2.21. The number of amides is 1. The van der Waals surface area contributed by atoms with Crippen LogP contribution in [0.1, 0.15) is 5.56 Å². The number of thioether (sulfide) groups is 1. The molecule has 6 heteroatoms. The Labute approximate surface area is 130 Å². The van der Waals surface area contributed by atoms with Crippen LogP contribution in [0.2, 0.25) is 0 Å². The van der Waals surface area contributed by atoms with Crippen LogP contribution in [-0.4, -0.2) is 5.91 Å². The Bertz CT molecular complexity index is 651. The third-order valence-electron chi connectivity index (χ3n) is 2.65. The molecule has 1 amide bonds. The lowest BCUT2D eigenvalue weighted by Crippen LogP contribution is -2.09. The smallest absolute Gasteiger partial charge is 0.322 e. The van der Waals surface area contributed by atoms with Gasteiger partial charge in [-0.15, -0.1) is 0 Å². The molecule has 1 N–H and O–H groups in total. The minimum Gasteiger partial charge on any atom is -0.322 e. The lowest BCUT2D eigenvalue weighted by atomic mass is 10.2. The highest BCUT2D eigenvalue weighted by Gasteiger charge is 2.29.